The molecule has 168 valence electrons. The van der Waals surface area contributed by atoms with Crippen LogP contribution in [-0.4, -0.2) is 60.1 Å². The second-order valence-electron chi connectivity index (χ2n) is 8.68. The molecule has 0 saturated carbocycles. The summed E-state index contributed by atoms with van der Waals surface area (Å²) in [4.78, 5) is 41.3. The molecule has 0 radical (unpaired) electrons. The number of carbonyl (C=O) groups excluding carboxylic acids is 3. The first-order valence-electron chi connectivity index (χ1n) is 11.6. The van der Waals surface area contributed by atoms with E-state index >= 15 is 0 Å². The van der Waals surface area contributed by atoms with Crippen LogP contribution in [0.1, 0.15) is 47.2 Å². The van der Waals surface area contributed by atoms with Gasteiger partial charge in [-0.05, 0) is 55.0 Å². The number of nitrogens with zero attached hydrogens (tertiary/aromatic N) is 2. The first kappa shape index (κ1) is 22.2. The van der Waals surface area contributed by atoms with Gasteiger partial charge in [0.15, 0.2) is 5.78 Å². The average molecular weight is 434 g/mol. The van der Waals surface area contributed by atoms with E-state index in [0.29, 0.717) is 32.7 Å². The maximum absolute atomic E-state index is 12.6. The topological polar surface area (TPSA) is 69.7 Å². The maximum atomic E-state index is 12.6. The number of para-hydroxylation sites is 1. The van der Waals surface area contributed by atoms with E-state index < -0.39 is 0 Å². The van der Waals surface area contributed by atoms with Crippen LogP contribution in [0.3, 0.4) is 0 Å². The third kappa shape index (κ3) is 5.82. The van der Waals surface area contributed by atoms with Gasteiger partial charge in [-0.3, -0.25) is 19.3 Å². The zero-order chi connectivity index (χ0) is 22.3. The number of amides is 2. The Morgan fingerprint density at radius 1 is 0.812 bits per heavy atom. The fourth-order valence-corrected chi connectivity index (χ4v) is 4.51. The van der Waals surface area contributed by atoms with Crippen LogP contribution in [0.5, 0.6) is 0 Å². The number of carbonyl (C=O) groups is 3. The maximum Gasteiger partial charge on any atom is 0.238 e. The third-order valence-electron chi connectivity index (χ3n) is 6.39. The fraction of sp³-hybridized carbons (Fsp3) is 0.423. The molecule has 0 bridgehead atoms. The second kappa shape index (κ2) is 10.6. The number of ketones is 1. The average Bonchev–Trinajstić information content (AvgIpc) is 2.83. The number of rotatable bonds is 7. The third-order valence-corrected chi connectivity index (χ3v) is 6.39. The summed E-state index contributed by atoms with van der Waals surface area (Å²) in [5, 5.41) is 2.89. The fourth-order valence-electron chi connectivity index (χ4n) is 4.51. The zero-order valence-corrected chi connectivity index (χ0v) is 18.5. The summed E-state index contributed by atoms with van der Waals surface area (Å²) in [5.74, 6) is 0.0132. The minimum absolute atomic E-state index is 0.0182. The quantitative estimate of drug-likeness (QED) is 0.680. The van der Waals surface area contributed by atoms with E-state index in [9.17, 15) is 14.4 Å². The van der Waals surface area contributed by atoms with E-state index in [1.807, 2.05) is 47.4 Å². The number of benzene rings is 2. The van der Waals surface area contributed by atoms with Gasteiger partial charge in [-0.15, -0.1) is 0 Å². The summed E-state index contributed by atoms with van der Waals surface area (Å²) in [6.45, 7) is 2.81. The lowest BCUT2D eigenvalue weighted by molar-refractivity contribution is -0.133. The molecular formula is C26H31N3O3. The number of hydrogen-bond donors (Lipinski definition) is 1. The van der Waals surface area contributed by atoms with Crippen LogP contribution in [0.2, 0.25) is 0 Å². The number of piperazine rings is 1. The van der Waals surface area contributed by atoms with Crippen LogP contribution < -0.4 is 5.32 Å². The SMILES string of the molecule is O=C(CN1CCN(C(=O)CCC(=O)c2ccc3c(c2)CCCC3)CC1)Nc1ccccc1. The van der Waals surface area contributed by atoms with E-state index in [4.69, 9.17) is 0 Å². The van der Waals surface area contributed by atoms with Crippen LogP contribution in [0.15, 0.2) is 48.5 Å². The molecular weight excluding hydrogens is 402 g/mol. The molecule has 0 spiro atoms. The minimum atomic E-state index is -0.0494. The summed E-state index contributed by atoms with van der Waals surface area (Å²) in [6, 6.07) is 15.4. The predicted molar refractivity (Wildman–Crippen MR) is 125 cm³/mol. The van der Waals surface area contributed by atoms with Crippen LogP contribution in [0.25, 0.3) is 0 Å². The lowest BCUT2D eigenvalue weighted by Crippen LogP contribution is -2.50. The summed E-state index contributed by atoms with van der Waals surface area (Å²) >= 11 is 0. The molecule has 2 amide bonds. The summed E-state index contributed by atoms with van der Waals surface area (Å²) in [6.07, 6.45) is 5.04. The molecule has 1 saturated heterocycles. The van der Waals surface area contributed by atoms with Crippen molar-refractivity contribution in [3.05, 3.63) is 65.2 Å². The van der Waals surface area contributed by atoms with E-state index in [-0.39, 0.29) is 30.4 Å². The van der Waals surface area contributed by atoms with Crippen molar-refractivity contribution in [2.75, 3.05) is 38.0 Å². The standard InChI is InChI=1S/C26H31N3O3/c30-24(22-11-10-20-6-4-5-7-21(20)18-22)12-13-26(32)29-16-14-28(15-17-29)19-25(31)27-23-8-2-1-3-9-23/h1-3,8-11,18H,4-7,12-17,19H2,(H,27,31). The molecule has 2 aromatic carbocycles. The van der Waals surface area contributed by atoms with Crippen LogP contribution in [0, 0.1) is 0 Å². The number of anilines is 1. The van der Waals surface area contributed by atoms with Crippen LogP contribution in [0.4, 0.5) is 5.69 Å². The van der Waals surface area contributed by atoms with E-state index in [0.717, 1.165) is 24.1 Å². The normalized spacial score (nSPS) is 16.3. The molecule has 6 heteroatoms. The van der Waals surface area contributed by atoms with Crippen molar-refractivity contribution in [3.63, 3.8) is 0 Å². The highest BCUT2D eigenvalue weighted by molar-refractivity contribution is 5.98. The smallest absolute Gasteiger partial charge is 0.238 e. The molecule has 1 fully saturated rings. The van der Waals surface area contributed by atoms with Crippen molar-refractivity contribution in [3.8, 4) is 0 Å². The van der Waals surface area contributed by atoms with Crippen molar-refractivity contribution in [2.45, 2.75) is 38.5 Å². The van der Waals surface area contributed by atoms with Crippen molar-refractivity contribution in [1.82, 2.24) is 9.80 Å². The first-order chi connectivity index (χ1) is 15.6. The van der Waals surface area contributed by atoms with Crippen molar-refractivity contribution in [1.29, 1.82) is 0 Å². The molecule has 0 atom stereocenters. The Morgan fingerprint density at radius 2 is 1.53 bits per heavy atom. The molecule has 1 heterocycles. The Bertz CT molecular complexity index is 966. The van der Waals surface area contributed by atoms with Crippen LogP contribution >= 0.6 is 0 Å². The van der Waals surface area contributed by atoms with Gasteiger partial charge in [-0.2, -0.15) is 0 Å². The summed E-state index contributed by atoms with van der Waals surface area (Å²) in [5.41, 5.74) is 4.17. The molecule has 1 aliphatic carbocycles. The second-order valence-corrected chi connectivity index (χ2v) is 8.68. The Hall–Kier alpha value is -2.99. The minimum Gasteiger partial charge on any atom is -0.340 e. The molecule has 0 aromatic heterocycles. The van der Waals surface area contributed by atoms with E-state index in [1.54, 1.807) is 0 Å². The van der Waals surface area contributed by atoms with E-state index in [2.05, 4.69) is 16.3 Å². The number of fused-ring (bicyclic) bond motifs is 1. The van der Waals surface area contributed by atoms with Crippen LogP contribution in [-0.2, 0) is 22.4 Å². The number of hydrogen-bond acceptors (Lipinski definition) is 4. The van der Waals surface area contributed by atoms with Crippen molar-refractivity contribution in [2.24, 2.45) is 0 Å². The molecule has 0 unspecified atom stereocenters. The van der Waals surface area contributed by atoms with Gasteiger partial charge in [-0.25, -0.2) is 0 Å². The van der Waals surface area contributed by atoms with Gasteiger partial charge >= 0.3 is 0 Å². The Kier molecular flexibility index (Phi) is 7.32. The van der Waals surface area contributed by atoms with Gasteiger partial charge in [0.1, 0.15) is 0 Å². The summed E-state index contributed by atoms with van der Waals surface area (Å²) < 4.78 is 0. The van der Waals surface area contributed by atoms with Gasteiger partial charge in [0.25, 0.3) is 0 Å². The Morgan fingerprint density at radius 3 is 2.28 bits per heavy atom. The van der Waals surface area contributed by atoms with E-state index in [1.165, 1.54) is 24.0 Å². The van der Waals surface area contributed by atoms with Gasteiger partial charge in [0.2, 0.25) is 11.8 Å². The number of nitrogens with one attached hydrogen (secondary N) is 1. The van der Waals surface area contributed by atoms with Crippen molar-refractivity contribution >= 4 is 23.3 Å². The number of Topliss-reactive ketones (excluding diaryl/α,β-unsaturated/α-hetero) is 1. The highest BCUT2D eigenvalue weighted by atomic mass is 16.2. The molecule has 2 aromatic rings. The van der Waals surface area contributed by atoms with Gasteiger partial charge < -0.3 is 10.2 Å². The first-order valence-corrected chi connectivity index (χ1v) is 11.6. The van der Waals surface area contributed by atoms with Crippen molar-refractivity contribution < 1.29 is 14.4 Å². The molecule has 4 rings (SSSR count). The Balaban J connectivity index is 1.19. The largest absolute Gasteiger partial charge is 0.340 e. The predicted octanol–water partition coefficient (Wildman–Crippen LogP) is 3.31. The molecule has 1 aliphatic heterocycles. The lowest BCUT2D eigenvalue weighted by atomic mass is 9.89. The molecule has 6 nitrogen and oxygen atoms in total. The number of aryl methyl sites for hydroxylation is 2. The molecule has 32 heavy (non-hydrogen) atoms. The lowest BCUT2D eigenvalue weighted by Gasteiger charge is -2.34. The molecule has 1 N–H and O–H groups in total. The van der Waals surface area contributed by atoms with Gasteiger partial charge in [0.05, 0.1) is 6.54 Å². The summed E-state index contributed by atoms with van der Waals surface area (Å²) in [7, 11) is 0. The van der Waals surface area contributed by atoms with Gasteiger partial charge in [0, 0.05) is 50.3 Å². The monoisotopic (exact) mass is 433 g/mol. The Labute approximate surface area is 189 Å². The highest BCUT2D eigenvalue weighted by Gasteiger charge is 2.23. The highest BCUT2D eigenvalue weighted by Crippen LogP contribution is 2.23. The zero-order valence-electron chi connectivity index (χ0n) is 18.5. The molecule has 2 aliphatic rings. The van der Waals surface area contributed by atoms with Gasteiger partial charge in [-0.1, -0.05) is 30.3 Å².